The maximum Gasteiger partial charge on any atom is 0.185 e. The molecular weight excluding hydrogens is 322 g/mol. The smallest absolute Gasteiger partial charge is 0.185 e. The molecule has 0 aliphatic rings. The van der Waals surface area contributed by atoms with Gasteiger partial charge in [-0.2, -0.15) is 0 Å². The highest BCUT2D eigenvalue weighted by Gasteiger charge is 2.24. The molecule has 0 saturated carbocycles. The van der Waals surface area contributed by atoms with Gasteiger partial charge in [-0.1, -0.05) is 32.4 Å². The summed E-state index contributed by atoms with van der Waals surface area (Å²) in [4.78, 5) is 9.65. The van der Waals surface area contributed by atoms with Crippen LogP contribution in [0.25, 0.3) is 0 Å². The van der Waals surface area contributed by atoms with Gasteiger partial charge in [0.15, 0.2) is 5.13 Å². The Labute approximate surface area is 140 Å². The standard InChI is InChI=1S/C15H22ClN3S2/c1-15(2,3)13-11(8-17-4)21-14(18-13)19(5)9-10-6-7-12(16)20-10/h6-7,17H,8-9H2,1-5H3. The average Bonchev–Trinajstić information content (AvgIpc) is 2.96. The molecule has 21 heavy (non-hydrogen) atoms. The van der Waals surface area contributed by atoms with Crippen LogP contribution in [0.15, 0.2) is 12.1 Å². The first-order chi connectivity index (χ1) is 9.81. The van der Waals surface area contributed by atoms with E-state index in [0.717, 1.165) is 22.6 Å². The highest BCUT2D eigenvalue weighted by molar-refractivity contribution is 7.16. The maximum atomic E-state index is 6.00. The fourth-order valence-corrected chi connectivity index (χ4v) is 4.49. The van der Waals surface area contributed by atoms with Gasteiger partial charge < -0.3 is 10.2 Å². The summed E-state index contributed by atoms with van der Waals surface area (Å²) in [5, 5.41) is 4.30. The van der Waals surface area contributed by atoms with E-state index < -0.39 is 0 Å². The second kappa shape index (κ2) is 6.65. The molecule has 2 aromatic rings. The van der Waals surface area contributed by atoms with Crippen LogP contribution in [0.3, 0.4) is 0 Å². The molecule has 2 aromatic heterocycles. The SMILES string of the molecule is CNCc1sc(N(C)Cc2ccc(Cl)s2)nc1C(C)(C)C. The molecule has 1 N–H and O–H groups in total. The first-order valence-electron chi connectivity index (χ1n) is 6.91. The minimum absolute atomic E-state index is 0.0635. The van der Waals surface area contributed by atoms with Gasteiger partial charge in [0.25, 0.3) is 0 Å². The number of nitrogens with one attached hydrogen (secondary N) is 1. The zero-order valence-electron chi connectivity index (χ0n) is 13.2. The Morgan fingerprint density at radius 3 is 2.52 bits per heavy atom. The van der Waals surface area contributed by atoms with E-state index in [2.05, 4.69) is 44.1 Å². The van der Waals surface area contributed by atoms with Gasteiger partial charge in [-0.3, -0.25) is 0 Å². The van der Waals surface area contributed by atoms with E-state index in [0.29, 0.717) is 0 Å². The van der Waals surface area contributed by atoms with Crippen molar-refractivity contribution in [2.45, 2.75) is 39.3 Å². The number of anilines is 1. The van der Waals surface area contributed by atoms with Crippen LogP contribution in [0, 0.1) is 0 Å². The number of thiazole rings is 1. The number of rotatable bonds is 5. The largest absolute Gasteiger partial charge is 0.346 e. The zero-order valence-corrected chi connectivity index (χ0v) is 15.5. The molecule has 3 nitrogen and oxygen atoms in total. The first kappa shape index (κ1) is 16.7. The van der Waals surface area contributed by atoms with Crippen molar-refractivity contribution in [1.29, 1.82) is 0 Å². The fourth-order valence-electron chi connectivity index (χ4n) is 2.11. The topological polar surface area (TPSA) is 28.2 Å². The predicted molar refractivity (Wildman–Crippen MR) is 95.0 cm³/mol. The van der Waals surface area contributed by atoms with E-state index in [1.165, 1.54) is 15.4 Å². The van der Waals surface area contributed by atoms with Crippen molar-refractivity contribution in [2.24, 2.45) is 0 Å². The molecule has 0 aliphatic heterocycles. The molecule has 116 valence electrons. The summed E-state index contributed by atoms with van der Waals surface area (Å²) < 4.78 is 0.837. The summed E-state index contributed by atoms with van der Waals surface area (Å²) in [6.45, 7) is 8.34. The van der Waals surface area contributed by atoms with Gasteiger partial charge in [-0.25, -0.2) is 4.98 Å². The number of thiophene rings is 1. The minimum atomic E-state index is 0.0635. The quantitative estimate of drug-likeness (QED) is 0.865. The molecule has 2 rings (SSSR count). The molecule has 2 heterocycles. The Hall–Kier alpha value is -0.620. The molecule has 0 bridgehead atoms. The van der Waals surface area contributed by atoms with Crippen LogP contribution >= 0.6 is 34.3 Å². The van der Waals surface area contributed by atoms with E-state index in [-0.39, 0.29) is 5.41 Å². The first-order valence-corrected chi connectivity index (χ1v) is 8.92. The summed E-state index contributed by atoms with van der Waals surface area (Å²) in [6.07, 6.45) is 0. The molecule has 6 heteroatoms. The molecule has 0 spiro atoms. The third kappa shape index (κ3) is 4.19. The van der Waals surface area contributed by atoms with Gasteiger partial charge in [0.2, 0.25) is 0 Å². The van der Waals surface area contributed by atoms with Crippen LogP contribution in [-0.4, -0.2) is 19.1 Å². The third-order valence-electron chi connectivity index (χ3n) is 3.08. The van der Waals surface area contributed by atoms with Gasteiger partial charge in [-0.15, -0.1) is 22.7 Å². The van der Waals surface area contributed by atoms with Crippen molar-refractivity contribution in [1.82, 2.24) is 10.3 Å². The predicted octanol–water partition coefficient (Wildman–Crippen LogP) is 4.51. The Balaban J connectivity index is 2.22. The summed E-state index contributed by atoms with van der Waals surface area (Å²) in [5.41, 5.74) is 1.25. The molecule has 0 aliphatic carbocycles. The van der Waals surface area contributed by atoms with Crippen molar-refractivity contribution in [2.75, 3.05) is 19.0 Å². The van der Waals surface area contributed by atoms with E-state index in [1.54, 1.807) is 22.7 Å². The number of nitrogens with zero attached hydrogens (tertiary/aromatic N) is 2. The Kier molecular flexibility index (Phi) is 5.30. The fraction of sp³-hybridized carbons (Fsp3) is 0.533. The Bertz CT molecular complexity index is 598. The second-order valence-corrected chi connectivity index (χ2v) is 8.97. The van der Waals surface area contributed by atoms with Gasteiger partial charge in [0.1, 0.15) is 0 Å². The Morgan fingerprint density at radius 1 is 1.29 bits per heavy atom. The highest BCUT2D eigenvalue weighted by atomic mass is 35.5. The normalized spacial score (nSPS) is 11.9. The molecule has 0 radical (unpaired) electrons. The van der Waals surface area contributed by atoms with Crippen molar-refractivity contribution in [3.8, 4) is 0 Å². The summed E-state index contributed by atoms with van der Waals surface area (Å²) in [5.74, 6) is 0. The van der Waals surface area contributed by atoms with Crippen molar-refractivity contribution in [3.05, 3.63) is 31.9 Å². The van der Waals surface area contributed by atoms with Crippen LogP contribution in [-0.2, 0) is 18.5 Å². The second-order valence-electron chi connectivity index (χ2n) is 6.11. The van der Waals surface area contributed by atoms with E-state index >= 15 is 0 Å². The number of aromatic nitrogens is 1. The average molecular weight is 344 g/mol. The minimum Gasteiger partial charge on any atom is -0.346 e. The molecular formula is C15H22ClN3S2. The summed E-state index contributed by atoms with van der Waals surface area (Å²) in [6, 6.07) is 4.03. The van der Waals surface area contributed by atoms with E-state index in [9.17, 15) is 0 Å². The molecule has 0 unspecified atom stereocenters. The zero-order chi connectivity index (χ0) is 15.6. The summed E-state index contributed by atoms with van der Waals surface area (Å²) in [7, 11) is 4.06. The Morgan fingerprint density at radius 2 is 2.00 bits per heavy atom. The molecule has 0 amide bonds. The number of hydrogen-bond donors (Lipinski definition) is 1. The summed E-state index contributed by atoms with van der Waals surface area (Å²) >= 11 is 9.39. The molecule has 0 aromatic carbocycles. The van der Waals surface area contributed by atoms with Crippen LogP contribution in [0.2, 0.25) is 4.34 Å². The van der Waals surface area contributed by atoms with Gasteiger partial charge in [0, 0.05) is 28.8 Å². The van der Waals surface area contributed by atoms with Gasteiger partial charge in [0.05, 0.1) is 16.6 Å². The van der Waals surface area contributed by atoms with Crippen molar-refractivity contribution in [3.63, 3.8) is 0 Å². The molecule has 0 fully saturated rings. The van der Waals surface area contributed by atoms with E-state index in [4.69, 9.17) is 16.6 Å². The van der Waals surface area contributed by atoms with Crippen LogP contribution < -0.4 is 10.2 Å². The van der Waals surface area contributed by atoms with Crippen LogP contribution in [0.4, 0.5) is 5.13 Å². The lowest BCUT2D eigenvalue weighted by atomic mass is 9.91. The van der Waals surface area contributed by atoms with Gasteiger partial charge in [-0.05, 0) is 19.2 Å². The van der Waals surface area contributed by atoms with Crippen LogP contribution in [0.5, 0.6) is 0 Å². The number of hydrogen-bond acceptors (Lipinski definition) is 5. The lowest BCUT2D eigenvalue weighted by Crippen LogP contribution is -2.18. The van der Waals surface area contributed by atoms with Crippen LogP contribution in [0.1, 0.15) is 36.2 Å². The molecule has 0 saturated heterocycles. The van der Waals surface area contributed by atoms with Crippen molar-refractivity contribution < 1.29 is 0 Å². The third-order valence-corrected chi connectivity index (χ3v) is 5.47. The van der Waals surface area contributed by atoms with Gasteiger partial charge >= 0.3 is 0 Å². The highest BCUT2D eigenvalue weighted by Crippen LogP contribution is 2.34. The number of halogens is 1. The molecule has 0 atom stereocenters. The lowest BCUT2D eigenvalue weighted by Gasteiger charge is -2.18. The lowest BCUT2D eigenvalue weighted by molar-refractivity contribution is 0.563. The maximum absolute atomic E-state index is 6.00. The van der Waals surface area contributed by atoms with E-state index in [1.807, 2.05) is 13.1 Å². The van der Waals surface area contributed by atoms with Crippen molar-refractivity contribution >= 4 is 39.4 Å². The monoisotopic (exact) mass is 343 g/mol.